The van der Waals surface area contributed by atoms with E-state index in [1.54, 1.807) is 0 Å². The standard InChI is InChI=1S/C17H18N6O7S/c1-21-15-14(16(26)22(2)17(21)27)23(9-19-15)7-13(25)30-8-12(24)20-10-4-3-5-11(6-10)31(18,28)29/h3-6,9H,7-8H2,1-2H3,(H,20,24)(H2,18,28,29). The molecule has 3 aromatic rings. The number of anilines is 1. The quantitative estimate of drug-likeness (QED) is 0.416. The number of imidazole rings is 1. The van der Waals surface area contributed by atoms with Crippen molar-refractivity contribution in [2.75, 3.05) is 11.9 Å². The highest BCUT2D eigenvalue weighted by Gasteiger charge is 2.17. The number of hydrogen-bond donors (Lipinski definition) is 2. The van der Waals surface area contributed by atoms with Gasteiger partial charge in [-0.15, -0.1) is 0 Å². The molecule has 0 aliphatic rings. The average Bonchev–Trinajstić information content (AvgIpc) is 3.12. The molecule has 0 radical (unpaired) electrons. The molecule has 0 aliphatic heterocycles. The third-order valence-electron chi connectivity index (χ3n) is 4.33. The summed E-state index contributed by atoms with van der Waals surface area (Å²) in [5.74, 6) is -1.54. The monoisotopic (exact) mass is 450 g/mol. The van der Waals surface area contributed by atoms with Crippen LogP contribution < -0.4 is 21.7 Å². The van der Waals surface area contributed by atoms with E-state index >= 15 is 0 Å². The van der Waals surface area contributed by atoms with Crippen molar-refractivity contribution in [2.24, 2.45) is 19.2 Å². The van der Waals surface area contributed by atoms with Crippen LogP contribution in [0.3, 0.4) is 0 Å². The lowest BCUT2D eigenvalue weighted by atomic mass is 10.3. The molecule has 1 amide bonds. The number of amides is 1. The molecule has 31 heavy (non-hydrogen) atoms. The normalized spacial score (nSPS) is 11.5. The topological polar surface area (TPSA) is 177 Å². The Bertz CT molecular complexity index is 1420. The maximum Gasteiger partial charge on any atom is 0.332 e. The van der Waals surface area contributed by atoms with Crippen molar-refractivity contribution < 1.29 is 22.7 Å². The van der Waals surface area contributed by atoms with E-state index in [-0.39, 0.29) is 21.7 Å². The van der Waals surface area contributed by atoms with Crippen LogP contribution in [0.2, 0.25) is 0 Å². The first-order valence-electron chi connectivity index (χ1n) is 8.68. The number of carbonyl (C=O) groups is 2. The van der Waals surface area contributed by atoms with E-state index in [2.05, 4.69) is 10.3 Å². The first-order valence-corrected chi connectivity index (χ1v) is 10.2. The molecule has 2 aromatic heterocycles. The number of primary sulfonamides is 1. The number of nitrogens with one attached hydrogen (secondary N) is 1. The fourth-order valence-electron chi connectivity index (χ4n) is 2.80. The lowest BCUT2D eigenvalue weighted by Crippen LogP contribution is -2.37. The van der Waals surface area contributed by atoms with Crippen LogP contribution in [0, 0.1) is 0 Å². The molecular formula is C17H18N6O7S. The molecule has 2 heterocycles. The smallest absolute Gasteiger partial charge is 0.332 e. The van der Waals surface area contributed by atoms with Crippen molar-refractivity contribution in [1.29, 1.82) is 0 Å². The summed E-state index contributed by atoms with van der Waals surface area (Å²) in [6, 6.07) is 5.25. The molecule has 164 valence electrons. The van der Waals surface area contributed by atoms with Crippen molar-refractivity contribution >= 4 is 38.8 Å². The van der Waals surface area contributed by atoms with Gasteiger partial charge in [-0.2, -0.15) is 0 Å². The van der Waals surface area contributed by atoms with Gasteiger partial charge in [-0.3, -0.25) is 23.5 Å². The predicted octanol–water partition coefficient (Wildman–Crippen LogP) is -1.74. The van der Waals surface area contributed by atoms with Crippen molar-refractivity contribution in [2.45, 2.75) is 11.4 Å². The fourth-order valence-corrected chi connectivity index (χ4v) is 3.36. The van der Waals surface area contributed by atoms with Gasteiger partial charge in [0.25, 0.3) is 11.5 Å². The summed E-state index contributed by atoms with van der Waals surface area (Å²) in [7, 11) is -1.20. The van der Waals surface area contributed by atoms with E-state index in [1.165, 1.54) is 47.8 Å². The Balaban J connectivity index is 1.67. The maximum atomic E-state index is 12.4. The van der Waals surface area contributed by atoms with Gasteiger partial charge < -0.3 is 14.6 Å². The average molecular weight is 450 g/mol. The summed E-state index contributed by atoms with van der Waals surface area (Å²) in [4.78, 5) is 52.2. The molecule has 14 heteroatoms. The SMILES string of the molecule is Cn1c(=O)c2c(ncn2CC(=O)OCC(=O)Nc2cccc(S(N)(=O)=O)c2)n(C)c1=O. The number of nitrogens with zero attached hydrogens (tertiary/aromatic N) is 4. The number of fused-ring (bicyclic) bond motifs is 1. The zero-order valence-electron chi connectivity index (χ0n) is 16.4. The molecule has 0 bridgehead atoms. The van der Waals surface area contributed by atoms with Gasteiger partial charge in [0.1, 0.15) is 6.54 Å². The molecule has 0 fully saturated rings. The Hall–Kier alpha value is -3.78. The largest absolute Gasteiger partial charge is 0.454 e. The number of esters is 1. The molecule has 1 aromatic carbocycles. The summed E-state index contributed by atoms with van der Waals surface area (Å²) < 4.78 is 30.9. The first-order chi connectivity index (χ1) is 14.5. The molecule has 0 aliphatic carbocycles. The van der Waals surface area contributed by atoms with Crippen LogP contribution in [0.1, 0.15) is 0 Å². The van der Waals surface area contributed by atoms with Gasteiger partial charge in [-0.25, -0.2) is 23.3 Å². The Morgan fingerprint density at radius 3 is 2.58 bits per heavy atom. The van der Waals surface area contributed by atoms with Gasteiger partial charge in [0, 0.05) is 19.8 Å². The third-order valence-corrected chi connectivity index (χ3v) is 5.24. The number of benzene rings is 1. The van der Waals surface area contributed by atoms with Gasteiger partial charge in [0.15, 0.2) is 17.8 Å². The molecule has 0 unspecified atom stereocenters. The lowest BCUT2D eigenvalue weighted by Gasteiger charge is -2.09. The van der Waals surface area contributed by atoms with Crippen molar-refractivity contribution in [1.82, 2.24) is 18.7 Å². The number of hydrogen-bond acceptors (Lipinski definition) is 8. The van der Waals surface area contributed by atoms with E-state index in [0.717, 1.165) is 10.6 Å². The minimum atomic E-state index is -3.94. The summed E-state index contributed by atoms with van der Waals surface area (Å²) in [6.07, 6.45) is 1.21. The Morgan fingerprint density at radius 2 is 1.90 bits per heavy atom. The molecule has 13 nitrogen and oxygen atoms in total. The number of ether oxygens (including phenoxy) is 1. The number of aryl methyl sites for hydroxylation is 1. The Morgan fingerprint density at radius 1 is 1.19 bits per heavy atom. The van der Waals surface area contributed by atoms with Crippen LogP contribution in [0.15, 0.2) is 45.1 Å². The molecule has 3 rings (SSSR count). The second-order valence-electron chi connectivity index (χ2n) is 6.53. The van der Waals surface area contributed by atoms with Crippen LogP contribution in [-0.2, 0) is 45.0 Å². The van der Waals surface area contributed by atoms with Crippen molar-refractivity contribution in [3.63, 3.8) is 0 Å². The highest BCUT2D eigenvalue weighted by Crippen LogP contribution is 2.14. The number of sulfonamides is 1. The summed E-state index contributed by atoms with van der Waals surface area (Å²) >= 11 is 0. The van der Waals surface area contributed by atoms with E-state index in [1.807, 2.05) is 0 Å². The van der Waals surface area contributed by atoms with E-state index in [0.29, 0.717) is 0 Å². The van der Waals surface area contributed by atoms with Crippen LogP contribution >= 0.6 is 0 Å². The minimum Gasteiger partial charge on any atom is -0.454 e. The van der Waals surface area contributed by atoms with Gasteiger partial charge in [-0.05, 0) is 18.2 Å². The van der Waals surface area contributed by atoms with Gasteiger partial charge in [0.2, 0.25) is 10.0 Å². The first kappa shape index (κ1) is 21.9. The number of rotatable bonds is 6. The predicted molar refractivity (Wildman–Crippen MR) is 108 cm³/mol. The Kier molecular flexibility index (Phi) is 5.77. The molecular weight excluding hydrogens is 432 g/mol. The lowest BCUT2D eigenvalue weighted by molar-refractivity contribution is -0.147. The Labute approximate surface area is 174 Å². The van der Waals surface area contributed by atoms with Crippen LogP contribution in [0.4, 0.5) is 5.69 Å². The molecule has 0 spiro atoms. The molecule has 0 saturated heterocycles. The van der Waals surface area contributed by atoms with E-state index in [9.17, 15) is 27.6 Å². The second kappa shape index (κ2) is 8.16. The van der Waals surface area contributed by atoms with Crippen molar-refractivity contribution in [3.05, 3.63) is 51.4 Å². The molecule has 0 saturated carbocycles. The van der Waals surface area contributed by atoms with E-state index < -0.39 is 46.3 Å². The number of nitrogens with two attached hydrogens (primary N) is 1. The fraction of sp³-hybridized carbons (Fsp3) is 0.235. The molecule has 0 atom stereocenters. The second-order valence-corrected chi connectivity index (χ2v) is 8.09. The summed E-state index contributed by atoms with van der Waals surface area (Å²) in [6.45, 7) is -1.07. The van der Waals surface area contributed by atoms with E-state index in [4.69, 9.17) is 9.88 Å². The zero-order valence-corrected chi connectivity index (χ0v) is 17.2. The van der Waals surface area contributed by atoms with Crippen LogP contribution in [-0.4, -0.2) is 45.6 Å². The van der Waals surface area contributed by atoms with Crippen LogP contribution in [0.25, 0.3) is 11.2 Å². The number of carbonyl (C=O) groups excluding carboxylic acids is 2. The van der Waals surface area contributed by atoms with Gasteiger partial charge >= 0.3 is 11.7 Å². The zero-order chi connectivity index (χ0) is 22.9. The summed E-state index contributed by atoms with van der Waals surface area (Å²) in [5.41, 5.74) is -0.902. The highest BCUT2D eigenvalue weighted by atomic mass is 32.2. The highest BCUT2D eigenvalue weighted by molar-refractivity contribution is 7.89. The van der Waals surface area contributed by atoms with Gasteiger partial charge in [-0.1, -0.05) is 6.07 Å². The summed E-state index contributed by atoms with van der Waals surface area (Å²) in [5, 5.41) is 7.42. The van der Waals surface area contributed by atoms with Gasteiger partial charge in [0.05, 0.1) is 11.2 Å². The van der Waals surface area contributed by atoms with Crippen molar-refractivity contribution in [3.8, 4) is 0 Å². The third kappa shape index (κ3) is 4.54. The molecule has 3 N–H and O–H groups in total. The number of aromatic nitrogens is 4. The minimum absolute atomic E-state index is 0.0332. The van der Waals surface area contributed by atoms with Crippen LogP contribution in [0.5, 0.6) is 0 Å². The maximum absolute atomic E-state index is 12.4.